The van der Waals surface area contributed by atoms with E-state index >= 15 is 0 Å². The fourth-order valence-electron chi connectivity index (χ4n) is 7.54. The topological polar surface area (TPSA) is 83.1 Å². The van der Waals surface area contributed by atoms with E-state index in [1.54, 1.807) is 24.5 Å². The minimum atomic E-state index is -4.34. The standard InChI is InChI=1S/C34H41F3N4O4/c35-34(36,37)29-9-5-24(6-10-29)21-39-18-13-33(14-19-39)23-41(32(44)45-33)22-25-3-7-27(8-4-25)31(43)40-16-11-26(12-17-40)30(42)28-2-1-15-38-20-28/h1-2,5-6,9-10,15,20,25-27H,3-4,7-8,11-14,16-19,21-23H2. The number of aromatic nitrogens is 1. The molecular weight excluding hydrogens is 585 g/mol. The molecule has 1 spiro atoms. The summed E-state index contributed by atoms with van der Waals surface area (Å²) in [6.07, 6.45) is 4.82. The Morgan fingerprint density at radius 3 is 2.22 bits per heavy atom. The second-order valence-corrected chi connectivity index (χ2v) is 13.3. The van der Waals surface area contributed by atoms with E-state index in [2.05, 4.69) is 9.88 Å². The lowest BCUT2D eigenvalue weighted by Crippen LogP contribution is -2.47. The predicted molar refractivity (Wildman–Crippen MR) is 160 cm³/mol. The fourth-order valence-corrected chi connectivity index (χ4v) is 7.54. The number of alkyl halides is 3. The van der Waals surface area contributed by atoms with Gasteiger partial charge in [0.15, 0.2) is 5.78 Å². The summed E-state index contributed by atoms with van der Waals surface area (Å²) >= 11 is 0. The molecule has 1 aromatic heterocycles. The Balaban J connectivity index is 0.916. The first-order valence-corrected chi connectivity index (χ1v) is 16.2. The van der Waals surface area contributed by atoms with Gasteiger partial charge in [0.2, 0.25) is 5.91 Å². The molecule has 0 unspecified atom stereocenters. The van der Waals surface area contributed by atoms with E-state index in [-0.39, 0.29) is 29.6 Å². The molecule has 6 rings (SSSR count). The molecule has 0 atom stereocenters. The van der Waals surface area contributed by atoms with Gasteiger partial charge in [-0.05, 0) is 74.3 Å². The van der Waals surface area contributed by atoms with Crippen molar-refractivity contribution in [1.82, 2.24) is 19.7 Å². The number of hydrogen-bond donors (Lipinski definition) is 0. The van der Waals surface area contributed by atoms with E-state index < -0.39 is 17.3 Å². The molecule has 242 valence electrons. The van der Waals surface area contributed by atoms with Crippen molar-refractivity contribution in [1.29, 1.82) is 0 Å². The highest BCUT2D eigenvalue weighted by atomic mass is 19.4. The largest absolute Gasteiger partial charge is 0.441 e. The number of pyridine rings is 1. The number of ether oxygens (including phenoxy) is 1. The van der Waals surface area contributed by atoms with Crippen LogP contribution in [-0.2, 0) is 22.3 Å². The second kappa shape index (κ2) is 13.1. The SMILES string of the molecule is O=C(c1cccnc1)C1CCN(C(=O)C2CCC(CN3CC4(CCN(Cc5ccc(C(F)(F)F)cc5)CC4)OC3=O)CC2)CC1. The summed E-state index contributed by atoms with van der Waals surface area (Å²) in [5, 5.41) is 0. The molecule has 4 fully saturated rings. The summed E-state index contributed by atoms with van der Waals surface area (Å²) in [6, 6.07) is 8.88. The monoisotopic (exact) mass is 626 g/mol. The predicted octanol–water partition coefficient (Wildman–Crippen LogP) is 5.82. The molecule has 0 N–H and O–H groups in total. The maximum atomic E-state index is 13.3. The molecular formula is C34H41F3N4O4. The van der Waals surface area contributed by atoms with Crippen molar-refractivity contribution in [3.8, 4) is 0 Å². The molecule has 4 heterocycles. The first-order chi connectivity index (χ1) is 21.6. The van der Waals surface area contributed by atoms with Crippen LogP contribution in [0.1, 0.15) is 72.9 Å². The number of halogens is 3. The summed E-state index contributed by atoms with van der Waals surface area (Å²) in [6.45, 7) is 4.41. The average molecular weight is 627 g/mol. The van der Waals surface area contributed by atoms with E-state index in [4.69, 9.17) is 4.74 Å². The summed E-state index contributed by atoms with van der Waals surface area (Å²) in [5.74, 6) is 0.575. The van der Waals surface area contributed by atoms with Gasteiger partial charge in [0.25, 0.3) is 0 Å². The Morgan fingerprint density at radius 2 is 1.60 bits per heavy atom. The maximum absolute atomic E-state index is 13.3. The molecule has 0 radical (unpaired) electrons. The molecule has 11 heteroatoms. The molecule has 4 aliphatic rings. The van der Waals surface area contributed by atoms with Crippen molar-refractivity contribution < 1.29 is 32.3 Å². The first-order valence-electron chi connectivity index (χ1n) is 16.2. The van der Waals surface area contributed by atoms with Gasteiger partial charge in [-0.1, -0.05) is 12.1 Å². The van der Waals surface area contributed by atoms with Crippen molar-refractivity contribution in [2.75, 3.05) is 39.3 Å². The number of benzene rings is 1. The Hall–Kier alpha value is -3.47. The molecule has 3 saturated heterocycles. The molecule has 1 saturated carbocycles. The minimum absolute atomic E-state index is 0.00214. The first kappa shape index (κ1) is 31.5. The van der Waals surface area contributed by atoms with Crippen LogP contribution in [0.15, 0.2) is 48.8 Å². The van der Waals surface area contributed by atoms with Gasteiger partial charge in [0.05, 0.1) is 12.1 Å². The van der Waals surface area contributed by atoms with Crippen LogP contribution >= 0.6 is 0 Å². The highest BCUT2D eigenvalue weighted by Crippen LogP contribution is 2.37. The second-order valence-electron chi connectivity index (χ2n) is 13.3. The third kappa shape index (κ3) is 7.34. The number of likely N-dealkylation sites (tertiary alicyclic amines) is 2. The lowest BCUT2D eigenvalue weighted by molar-refractivity contribution is -0.138. The smallest absolute Gasteiger partial charge is 0.416 e. The zero-order valence-corrected chi connectivity index (χ0v) is 25.5. The van der Waals surface area contributed by atoms with E-state index in [1.165, 1.54) is 12.1 Å². The molecule has 8 nitrogen and oxygen atoms in total. The molecule has 0 bridgehead atoms. The maximum Gasteiger partial charge on any atom is 0.416 e. The number of carbonyl (C=O) groups is 3. The summed E-state index contributed by atoms with van der Waals surface area (Å²) in [5.41, 5.74) is 0.314. The van der Waals surface area contributed by atoms with Gasteiger partial charge < -0.3 is 14.5 Å². The van der Waals surface area contributed by atoms with Crippen LogP contribution in [0.4, 0.5) is 18.0 Å². The summed E-state index contributed by atoms with van der Waals surface area (Å²) in [7, 11) is 0. The quantitative estimate of drug-likeness (QED) is 0.361. The molecule has 3 aliphatic heterocycles. The van der Waals surface area contributed by atoms with Gasteiger partial charge in [-0.3, -0.25) is 19.5 Å². The van der Waals surface area contributed by atoms with Crippen LogP contribution in [0, 0.1) is 17.8 Å². The van der Waals surface area contributed by atoms with Crippen molar-refractivity contribution in [3.05, 3.63) is 65.5 Å². The van der Waals surface area contributed by atoms with Gasteiger partial charge in [-0.15, -0.1) is 0 Å². The molecule has 45 heavy (non-hydrogen) atoms. The lowest BCUT2D eigenvalue weighted by atomic mass is 9.80. The third-order valence-electron chi connectivity index (χ3n) is 10.3. The van der Waals surface area contributed by atoms with Crippen LogP contribution in [0.2, 0.25) is 0 Å². The number of carbonyl (C=O) groups excluding carboxylic acids is 3. The number of ketones is 1. The molecule has 2 aromatic rings. The number of rotatable bonds is 7. The van der Waals surface area contributed by atoms with E-state index in [0.717, 1.165) is 43.4 Å². The Labute approximate surface area is 261 Å². The van der Waals surface area contributed by atoms with Crippen LogP contribution in [-0.4, -0.2) is 82.3 Å². The van der Waals surface area contributed by atoms with Crippen LogP contribution < -0.4 is 0 Å². The van der Waals surface area contributed by atoms with Crippen LogP contribution in [0.5, 0.6) is 0 Å². The van der Waals surface area contributed by atoms with Gasteiger partial charge in [-0.2, -0.15) is 13.2 Å². The van der Waals surface area contributed by atoms with Crippen molar-refractivity contribution in [2.45, 2.75) is 69.7 Å². The number of piperidine rings is 2. The zero-order chi connectivity index (χ0) is 31.6. The van der Waals surface area contributed by atoms with Gasteiger partial charge in [-0.25, -0.2) is 4.79 Å². The van der Waals surface area contributed by atoms with Gasteiger partial charge in [0.1, 0.15) is 5.60 Å². The van der Waals surface area contributed by atoms with E-state index in [1.807, 2.05) is 9.80 Å². The lowest BCUT2D eigenvalue weighted by Gasteiger charge is -2.38. The zero-order valence-electron chi connectivity index (χ0n) is 25.5. The average Bonchev–Trinajstić information content (AvgIpc) is 3.35. The molecule has 1 aliphatic carbocycles. The van der Waals surface area contributed by atoms with Crippen molar-refractivity contribution in [2.24, 2.45) is 17.8 Å². The third-order valence-corrected chi connectivity index (χ3v) is 10.3. The molecule has 1 aromatic carbocycles. The number of nitrogens with zero attached hydrogens (tertiary/aromatic N) is 4. The highest BCUT2D eigenvalue weighted by Gasteiger charge is 2.47. The molecule has 2 amide bonds. The number of Topliss-reactive ketones (excluding diaryl/α,β-unsaturated/α-hetero) is 1. The Kier molecular flexibility index (Phi) is 9.17. The van der Waals surface area contributed by atoms with Crippen molar-refractivity contribution in [3.63, 3.8) is 0 Å². The number of hydrogen-bond acceptors (Lipinski definition) is 6. The van der Waals surface area contributed by atoms with Crippen molar-refractivity contribution >= 4 is 17.8 Å². The van der Waals surface area contributed by atoms with E-state index in [9.17, 15) is 27.6 Å². The van der Waals surface area contributed by atoms with Gasteiger partial charge >= 0.3 is 12.3 Å². The summed E-state index contributed by atoms with van der Waals surface area (Å²) < 4.78 is 44.5. The Morgan fingerprint density at radius 1 is 0.911 bits per heavy atom. The van der Waals surface area contributed by atoms with Crippen LogP contribution in [0.25, 0.3) is 0 Å². The van der Waals surface area contributed by atoms with E-state index in [0.29, 0.717) is 83.0 Å². The van der Waals surface area contributed by atoms with Gasteiger partial charge in [0, 0.05) is 81.9 Å². The minimum Gasteiger partial charge on any atom is -0.441 e. The fraction of sp³-hybridized carbons (Fsp3) is 0.588. The normalized spacial score (nSPS) is 24.6. The van der Waals surface area contributed by atoms with Crippen LogP contribution in [0.3, 0.4) is 0 Å². The Bertz CT molecular complexity index is 1350. The highest BCUT2D eigenvalue weighted by molar-refractivity contribution is 5.97. The number of amides is 2. The summed E-state index contributed by atoms with van der Waals surface area (Å²) in [4.78, 5) is 49.0.